The monoisotopic (exact) mass is 389 g/mol. The molecule has 1 atom stereocenters. The van der Waals surface area contributed by atoms with E-state index in [1.54, 1.807) is 0 Å². The van der Waals surface area contributed by atoms with E-state index in [1.807, 2.05) is 20.8 Å². The molecule has 0 saturated carbocycles. The van der Waals surface area contributed by atoms with Crippen LogP contribution in [0.5, 0.6) is 0 Å². The number of aromatic nitrogens is 1. The Labute approximate surface area is 171 Å². The van der Waals surface area contributed by atoms with Crippen LogP contribution in [0.3, 0.4) is 0 Å². The molecule has 4 heteroatoms. The highest BCUT2D eigenvalue weighted by molar-refractivity contribution is 5.80. The molecule has 0 saturated heterocycles. The van der Waals surface area contributed by atoms with Gasteiger partial charge in [0.15, 0.2) is 0 Å². The Kier molecular flexibility index (Phi) is 10.0. The van der Waals surface area contributed by atoms with Crippen LogP contribution in [0.15, 0.2) is 30.3 Å². The maximum atomic E-state index is 6.15. The summed E-state index contributed by atoms with van der Waals surface area (Å²) in [4.78, 5) is 3.60. The number of rotatable bonds is 15. The third-order valence-electron chi connectivity index (χ3n) is 5.24. The third-order valence-corrected chi connectivity index (χ3v) is 5.24. The van der Waals surface area contributed by atoms with Gasteiger partial charge in [-0.2, -0.15) is 0 Å². The van der Waals surface area contributed by atoms with Gasteiger partial charge < -0.3 is 19.2 Å². The van der Waals surface area contributed by atoms with Crippen molar-refractivity contribution in [1.29, 1.82) is 0 Å². The number of fused-ring (bicyclic) bond motifs is 1. The molecule has 0 aliphatic carbocycles. The number of ether oxygens (including phenoxy) is 3. The summed E-state index contributed by atoms with van der Waals surface area (Å²) in [5.74, 6) is -1.03. The van der Waals surface area contributed by atoms with Crippen LogP contribution in [0.2, 0.25) is 0 Å². The van der Waals surface area contributed by atoms with Crippen LogP contribution >= 0.6 is 0 Å². The third kappa shape index (κ3) is 6.07. The molecule has 1 aromatic heterocycles. The summed E-state index contributed by atoms with van der Waals surface area (Å²) < 4.78 is 18.5. The number of para-hydroxylation sites is 1. The molecule has 28 heavy (non-hydrogen) atoms. The molecule has 158 valence electrons. The molecule has 0 aliphatic rings. The van der Waals surface area contributed by atoms with Crippen LogP contribution in [0.25, 0.3) is 10.9 Å². The first kappa shape index (κ1) is 22.9. The van der Waals surface area contributed by atoms with Crippen LogP contribution in [0, 0.1) is 0 Å². The van der Waals surface area contributed by atoms with Gasteiger partial charge in [0, 0.05) is 31.0 Å². The highest BCUT2D eigenvalue weighted by Gasteiger charge is 2.43. The average Bonchev–Trinajstić information content (AvgIpc) is 3.11. The molecule has 2 rings (SSSR count). The predicted molar refractivity (Wildman–Crippen MR) is 117 cm³/mol. The van der Waals surface area contributed by atoms with E-state index in [0.29, 0.717) is 19.8 Å². The molecule has 0 bridgehead atoms. The normalized spacial score (nSPS) is 13.3. The second-order valence-corrected chi connectivity index (χ2v) is 7.32. The predicted octanol–water partition coefficient (Wildman–Crippen LogP) is 6.77. The summed E-state index contributed by atoms with van der Waals surface area (Å²) in [7, 11) is 0. The summed E-state index contributed by atoms with van der Waals surface area (Å²) in [6.07, 6.45) is 8.56. The Bertz CT molecular complexity index is 617. The minimum Gasteiger partial charge on any atom is -0.358 e. The maximum Gasteiger partial charge on any atom is 0.291 e. The van der Waals surface area contributed by atoms with Crippen molar-refractivity contribution in [2.75, 3.05) is 19.8 Å². The fourth-order valence-corrected chi connectivity index (χ4v) is 3.97. The Morgan fingerprint density at radius 2 is 1.43 bits per heavy atom. The first-order valence-electron chi connectivity index (χ1n) is 11.2. The lowest BCUT2D eigenvalue weighted by molar-refractivity contribution is -0.389. The lowest BCUT2D eigenvalue weighted by Gasteiger charge is -2.38. The second-order valence-electron chi connectivity index (χ2n) is 7.32. The summed E-state index contributed by atoms with van der Waals surface area (Å²) in [6.45, 7) is 9.90. The van der Waals surface area contributed by atoms with Gasteiger partial charge >= 0.3 is 0 Å². The van der Waals surface area contributed by atoms with Crippen LogP contribution < -0.4 is 0 Å². The van der Waals surface area contributed by atoms with E-state index >= 15 is 0 Å². The molecular weight excluding hydrogens is 350 g/mol. The molecule has 4 nitrogen and oxygen atoms in total. The molecule has 1 heterocycles. The maximum absolute atomic E-state index is 6.15. The highest BCUT2D eigenvalue weighted by atomic mass is 16.9. The molecule has 1 N–H and O–H groups in total. The van der Waals surface area contributed by atoms with Gasteiger partial charge in [-0.1, -0.05) is 63.6 Å². The minimum atomic E-state index is -1.04. The van der Waals surface area contributed by atoms with Gasteiger partial charge in [-0.15, -0.1) is 0 Å². The molecule has 0 radical (unpaired) electrons. The van der Waals surface area contributed by atoms with E-state index in [4.69, 9.17) is 14.2 Å². The smallest absolute Gasteiger partial charge is 0.291 e. The fraction of sp³-hybridized carbons (Fsp3) is 0.667. The van der Waals surface area contributed by atoms with Crippen molar-refractivity contribution in [3.05, 3.63) is 36.0 Å². The number of hydrogen-bond acceptors (Lipinski definition) is 3. The van der Waals surface area contributed by atoms with Crippen molar-refractivity contribution in [3.8, 4) is 0 Å². The van der Waals surface area contributed by atoms with E-state index < -0.39 is 5.97 Å². The largest absolute Gasteiger partial charge is 0.358 e. The van der Waals surface area contributed by atoms with E-state index in [1.165, 1.54) is 37.5 Å². The number of unbranched alkanes of at least 4 members (excludes halogenated alkanes) is 5. The molecule has 0 spiro atoms. The number of H-pyrrole nitrogens is 1. The average molecular weight is 390 g/mol. The van der Waals surface area contributed by atoms with Crippen LogP contribution in [0.1, 0.15) is 84.3 Å². The van der Waals surface area contributed by atoms with Crippen LogP contribution in [-0.4, -0.2) is 30.8 Å². The van der Waals surface area contributed by atoms with Crippen molar-refractivity contribution in [2.45, 2.75) is 84.5 Å². The zero-order valence-corrected chi connectivity index (χ0v) is 18.3. The molecular formula is C24H39NO3. The molecule has 1 unspecified atom stereocenters. The Hall–Kier alpha value is -1.36. The molecule has 2 aromatic rings. The zero-order chi connectivity index (χ0) is 20.2. The Balaban J connectivity index is 2.27. The van der Waals surface area contributed by atoms with Gasteiger partial charge in [0.2, 0.25) is 0 Å². The zero-order valence-electron chi connectivity index (χ0n) is 18.3. The van der Waals surface area contributed by atoms with Crippen molar-refractivity contribution in [2.24, 2.45) is 0 Å². The molecule has 0 aliphatic heterocycles. The topological polar surface area (TPSA) is 43.5 Å². The highest BCUT2D eigenvalue weighted by Crippen LogP contribution is 2.39. The van der Waals surface area contributed by atoms with Crippen molar-refractivity contribution >= 4 is 10.9 Å². The fourth-order valence-electron chi connectivity index (χ4n) is 3.97. The van der Waals surface area contributed by atoms with Crippen LogP contribution in [-0.2, 0) is 14.2 Å². The van der Waals surface area contributed by atoms with Crippen molar-refractivity contribution in [3.63, 3.8) is 0 Å². The van der Waals surface area contributed by atoms with Gasteiger partial charge in [-0.3, -0.25) is 0 Å². The van der Waals surface area contributed by atoms with Gasteiger partial charge in [0.1, 0.15) is 0 Å². The summed E-state index contributed by atoms with van der Waals surface area (Å²) in [5.41, 5.74) is 2.27. The van der Waals surface area contributed by atoms with Crippen LogP contribution in [0.4, 0.5) is 0 Å². The summed E-state index contributed by atoms with van der Waals surface area (Å²) >= 11 is 0. The number of hydrogen-bond donors (Lipinski definition) is 1. The van der Waals surface area contributed by atoms with E-state index in [0.717, 1.165) is 24.1 Å². The number of benzene rings is 1. The first-order chi connectivity index (χ1) is 13.7. The Morgan fingerprint density at radius 3 is 2.04 bits per heavy atom. The second kappa shape index (κ2) is 12.3. The molecule has 1 aromatic carbocycles. The van der Waals surface area contributed by atoms with E-state index in [2.05, 4.69) is 42.2 Å². The van der Waals surface area contributed by atoms with E-state index in [9.17, 15) is 0 Å². The summed E-state index contributed by atoms with van der Waals surface area (Å²) in [5, 5.41) is 1.21. The number of aromatic amines is 1. The quantitative estimate of drug-likeness (QED) is 0.270. The minimum absolute atomic E-state index is 0.00549. The lowest BCUT2D eigenvalue weighted by atomic mass is 9.94. The lowest BCUT2D eigenvalue weighted by Crippen LogP contribution is -2.45. The summed E-state index contributed by atoms with van der Waals surface area (Å²) in [6, 6.07) is 10.6. The standard InChI is InChI=1S/C24H39NO3/c1-5-9-10-11-12-13-17-21(24(26-6-2,27-7-3)28-8-4)23-19-20-16-14-15-18-22(20)25-23/h14-16,18-19,21,25H,5-13,17H2,1-4H3. The van der Waals surface area contributed by atoms with E-state index in [-0.39, 0.29) is 5.92 Å². The number of nitrogens with one attached hydrogen (secondary N) is 1. The molecule has 0 amide bonds. The SMILES string of the molecule is CCCCCCCCC(c1cc2ccccc2[nH]1)C(OCC)(OCC)OCC. The molecule has 0 fully saturated rings. The van der Waals surface area contributed by atoms with Crippen molar-refractivity contribution in [1.82, 2.24) is 4.98 Å². The van der Waals surface area contributed by atoms with Gasteiger partial charge in [-0.25, -0.2) is 0 Å². The van der Waals surface area contributed by atoms with Crippen molar-refractivity contribution < 1.29 is 14.2 Å². The Morgan fingerprint density at radius 1 is 0.821 bits per heavy atom. The first-order valence-corrected chi connectivity index (χ1v) is 11.2. The van der Waals surface area contributed by atoms with Gasteiger partial charge in [0.25, 0.3) is 5.97 Å². The van der Waals surface area contributed by atoms with Gasteiger partial charge in [0.05, 0.1) is 5.92 Å². The van der Waals surface area contributed by atoms with Gasteiger partial charge in [-0.05, 0) is 44.7 Å².